The van der Waals surface area contributed by atoms with Crippen molar-refractivity contribution in [1.82, 2.24) is 4.98 Å². The molecule has 70 valence electrons. The fourth-order valence-corrected chi connectivity index (χ4v) is 1.01. The second-order valence-corrected chi connectivity index (χ2v) is 3.21. The molecule has 0 amide bonds. The number of carboxylic acids is 1. The number of hydrogen-bond donors (Lipinski definition) is 1. The van der Waals surface area contributed by atoms with Gasteiger partial charge in [0.1, 0.15) is 4.60 Å². The zero-order valence-electron chi connectivity index (χ0n) is 6.90. The van der Waals surface area contributed by atoms with Crippen LogP contribution >= 0.6 is 15.9 Å². The van der Waals surface area contributed by atoms with Crippen molar-refractivity contribution in [3.63, 3.8) is 0 Å². The number of carboxylic acid groups (broad SMARTS) is 1. The van der Waals surface area contributed by atoms with Crippen molar-refractivity contribution in [1.29, 1.82) is 0 Å². The highest BCUT2D eigenvalue weighted by atomic mass is 79.9. The predicted molar refractivity (Wildman–Crippen MR) is 49.7 cm³/mol. The van der Waals surface area contributed by atoms with Gasteiger partial charge in [-0.25, -0.2) is 9.78 Å². The topological polar surface area (TPSA) is 59.4 Å². The summed E-state index contributed by atoms with van der Waals surface area (Å²) >= 11 is 3.15. The lowest BCUT2D eigenvalue weighted by Gasteiger charge is -2.08. The average molecular weight is 246 g/mol. The molecule has 1 aromatic rings. The molecule has 13 heavy (non-hydrogen) atoms. The zero-order valence-corrected chi connectivity index (χ0v) is 8.48. The largest absolute Gasteiger partial charge is 0.479 e. The summed E-state index contributed by atoms with van der Waals surface area (Å²) in [5.74, 6) is -0.717. The van der Waals surface area contributed by atoms with E-state index in [1.165, 1.54) is 6.92 Å². The van der Waals surface area contributed by atoms with Crippen LogP contribution in [0.2, 0.25) is 0 Å². The van der Waals surface area contributed by atoms with Gasteiger partial charge in [0.2, 0.25) is 5.88 Å². The lowest BCUT2D eigenvalue weighted by atomic mass is 10.4. The molecule has 0 aliphatic rings. The lowest BCUT2D eigenvalue weighted by Crippen LogP contribution is -2.23. The van der Waals surface area contributed by atoms with E-state index >= 15 is 0 Å². The third-order valence-electron chi connectivity index (χ3n) is 1.33. The highest BCUT2D eigenvalue weighted by Gasteiger charge is 2.12. The molecule has 1 N–H and O–H groups in total. The Morgan fingerprint density at radius 3 is 2.92 bits per heavy atom. The van der Waals surface area contributed by atoms with Gasteiger partial charge in [-0.2, -0.15) is 0 Å². The van der Waals surface area contributed by atoms with Crippen LogP contribution < -0.4 is 4.74 Å². The molecular weight excluding hydrogens is 238 g/mol. The van der Waals surface area contributed by atoms with Gasteiger partial charge in [-0.15, -0.1) is 0 Å². The summed E-state index contributed by atoms with van der Waals surface area (Å²) in [6, 6.07) is 5.06. The Kier molecular flexibility index (Phi) is 3.25. The molecule has 0 saturated heterocycles. The van der Waals surface area contributed by atoms with E-state index in [9.17, 15) is 4.79 Å². The molecule has 0 aromatic carbocycles. The molecule has 0 fully saturated rings. The van der Waals surface area contributed by atoms with Crippen molar-refractivity contribution in [2.75, 3.05) is 0 Å². The van der Waals surface area contributed by atoms with Crippen LogP contribution in [0.1, 0.15) is 6.92 Å². The van der Waals surface area contributed by atoms with Gasteiger partial charge in [0, 0.05) is 6.07 Å². The number of carbonyl (C=O) groups is 1. The summed E-state index contributed by atoms with van der Waals surface area (Å²) in [7, 11) is 0. The first kappa shape index (κ1) is 9.98. The van der Waals surface area contributed by atoms with Crippen LogP contribution in [-0.2, 0) is 4.79 Å². The quantitative estimate of drug-likeness (QED) is 0.824. The maximum absolute atomic E-state index is 10.4. The Bertz CT molecular complexity index is 316. The summed E-state index contributed by atoms with van der Waals surface area (Å²) in [6.07, 6.45) is -0.887. The minimum Gasteiger partial charge on any atom is -0.479 e. The highest BCUT2D eigenvalue weighted by molar-refractivity contribution is 9.10. The highest BCUT2D eigenvalue weighted by Crippen LogP contribution is 2.13. The van der Waals surface area contributed by atoms with E-state index in [-0.39, 0.29) is 0 Å². The number of hydrogen-bond acceptors (Lipinski definition) is 3. The van der Waals surface area contributed by atoms with Crippen LogP contribution in [-0.4, -0.2) is 22.2 Å². The van der Waals surface area contributed by atoms with E-state index < -0.39 is 12.1 Å². The van der Waals surface area contributed by atoms with E-state index in [1.807, 2.05) is 0 Å². The van der Waals surface area contributed by atoms with Crippen LogP contribution in [0.25, 0.3) is 0 Å². The standard InChI is InChI=1S/C8H8BrNO3/c1-5(8(11)12)13-7-4-2-3-6(9)10-7/h2-5H,1H3,(H,11,12). The molecule has 0 bridgehead atoms. The van der Waals surface area contributed by atoms with Gasteiger partial charge >= 0.3 is 5.97 Å². The monoisotopic (exact) mass is 245 g/mol. The second-order valence-electron chi connectivity index (χ2n) is 2.40. The smallest absolute Gasteiger partial charge is 0.344 e. The number of ether oxygens (including phenoxy) is 1. The van der Waals surface area contributed by atoms with Crippen LogP contribution in [0.5, 0.6) is 5.88 Å². The van der Waals surface area contributed by atoms with E-state index in [0.29, 0.717) is 10.5 Å². The molecule has 0 spiro atoms. The third-order valence-corrected chi connectivity index (χ3v) is 1.78. The second kappa shape index (κ2) is 4.23. The molecule has 1 unspecified atom stereocenters. The van der Waals surface area contributed by atoms with Crippen molar-refractivity contribution in [2.24, 2.45) is 0 Å². The minimum absolute atomic E-state index is 0.296. The van der Waals surface area contributed by atoms with Crippen LogP contribution in [0.3, 0.4) is 0 Å². The van der Waals surface area contributed by atoms with E-state index in [1.54, 1.807) is 18.2 Å². The molecule has 1 heterocycles. The SMILES string of the molecule is CC(Oc1cccc(Br)n1)C(=O)O. The molecule has 0 saturated carbocycles. The van der Waals surface area contributed by atoms with Crippen molar-refractivity contribution in [3.05, 3.63) is 22.8 Å². The van der Waals surface area contributed by atoms with Crippen LogP contribution in [0, 0.1) is 0 Å². The van der Waals surface area contributed by atoms with Gasteiger partial charge in [0.25, 0.3) is 0 Å². The van der Waals surface area contributed by atoms with E-state index in [0.717, 1.165) is 0 Å². The van der Waals surface area contributed by atoms with Gasteiger partial charge < -0.3 is 9.84 Å². The number of halogens is 1. The fourth-order valence-electron chi connectivity index (χ4n) is 0.687. The van der Waals surface area contributed by atoms with E-state index in [2.05, 4.69) is 20.9 Å². The Labute approximate surface area is 83.7 Å². The van der Waals surface area contributed by atoms with E-state index in [4.69, 9.17) is 9.84 Å². The zero-order chi connectivity index (χ0) is 9.84. The maximum atomic E-state index is 10.4. The summed E-state index contributed by atoms with van der Waals surface area (Å²) in [4.78, 5) is 14.4. The molecule has 1 rings (SSSR count). The Morgan fingerprint density at radius 1 is 1.69 bits per heavy atom. The molecule has 0 aliphatic heterocycles. The van der Waals surface area contributed by atoms with Gasteiger partial charge in [0.05, 0.1) is 0 Å². The van der Waals surface area contributed by atoms with Crippen LogP contribution in [0.15, 0.2) is 22.8 Å². The molecule has 1 aromatic heterocycles. The maximum Gasteiger partial charge on any atom is 0.344 e. The van der Waals surface area contributed by atoms with Crippen molar-refractivity contribution < 1.29 is 14.6 Å². The molecular formula is C8H8BrNO3. The Hall–Kier alpha value is -1.10. The number of rotatable bonds is 3. The predicted octanol–water partition coefficient (Wildman–Crippen LogP) is 1.70. The third kappa shape index (κ3) is 3.02. The van der Waals surface area contributed by atoms with Gasteiger partial charge in [-0.05, 0) is 28.9 Å². The molecule has 1 atom stereocenters. The normalized spacial score (nSPS) is 12.2. The molecule has 4 nitrogen and oxygen atoms in total. The van der Waals surface area contributed by atoms with Crippen molar-refractivity contribution in [3.8, 4) is 5.88 Å². The average Bonchev–Trinajstić information content (AvgIpc) is 2.04. The Balaban J connectivity index is 2.69. The van der Waals surface area contributed by atoms with Crippen molar-refractivity contribution in [2.45, 2.75) is 13.0 Å². The number of aliphatic carboxylic acids is 1. The lowest BCUT2D eigenvalue weighted by molar-refractivity contribution is -0.144. The van der Waals surface area contributed by atoms with Crippen molar-refractivity contribution >= 4 is 21.9 Å². The summed E-state index contributed by atoms with van der Waals surface area (Å²) in [6.45, 7) is 1.45. The van der Waals surface area contributed by atoms with Gasteiger partial charge in [-0.3, -0.25) is 0 Å². The summed E-state index contributed by atoms with van der Waals surface area (Å²) in [5, 5.41) is 8.55. The molecule has 0 aliphatic carbocycles. The summed E-state index contributed by atoms with van der Waals surface area (Å²) < 4.78 is 5.63. The van der Waals surface area contributed by atoms with Crippen LogP contribution in [0.4, 0.5) is 0 Å². The van der Waals surface area contributed by atoms with Gasteiger partial charge in [0.15, 0.2) is 6.10 Å². The molecule has 0 radical (unpaired) electrons. The first-order chi connectivity index (χ1) is 6.09. The first-order valence-corrected chi connectivity index (χ1v) is 4.41. The fraction of sp³-hybridized carbons (Fsp3) is 0.250. The minimum atomic E-state index is -1.01. The first-order valence-electron chi connectivity index (χ1n) is 3.61. The number of pyridine rings is 1. The molecule has 5 heteroatoms. The van der Waals surface area contributed by atoms with Gasteiger partial charge in [-0.1, -0.05) is 6.07 Å². The Morgan fingerprint density at radius 2 is 2.38 bits per heavy atom. The number of nitrogens with zero attached hydrogens (tertiary/aromatic N) is 1. The summed E-state index contributed by atoms with van der Waals surface area (Å²) in [5.41, 5.74) is 0. The number of aromatic nitrogens is 1.